The number of aliphatic hydroxyl groups excluding tert-OH is 2. The Hall–Kier alpha value is -1.67. The Labute approximate surface area is 84.4 Å². The number of aliphatic hydroxyl groups is 2. The molecule has 5 N–H and O–H groups in total. The van der Waals surface area contributed by atoms with Gasteiger partial charge in [0.2, 0.25) is 0 Å². The Morgan fingerprint density at radius 1 is 0.933 bits per heavy atom. The number of hydrogen-bond donors (Lipinski definition) is 5. The van der Waals surface area contributed by atoms with Crippen LogP contribution in [0.1, 0.15) is 12.8 Å². The lowest BCUT2D eigenvalue weighted by molar-refractivity contribution is -0.148. The molecule has 1 atom stereocenters. The summed E-state index contributed by atoms with van der Waals surface area (Å²) in [5.41, 5.74) is 0. The zero-order chi connectivity index (χ0) is 12.4. The van der Waals surface area contributed by atoms with Crippen LogP contribution >= 0.6 is 0 Å². The van der Waals surface area contributed by atoms with Gasteiger partial charge in [0.1, 0.15) is 0 Å². The Morgan fingerprint density at radius 2 is 1.27 bits per heavy atom. The number of carboxylic acids is 3. The van der Waals surface area contributed by atoms with E-state index in [-0.39, 0.29) is 12.8 Å². The second-order valence-electron chi connectivity index (χ2n) is 2.32. The van der Waals surface area contributed by atoms with Gasteiger partial charge in [-0.1, -0.05) is 0 Å². The fourth-order valence-electron chi connectivity index (χ4n) is 0.292. The molecule has 0 aromatic carbocycles. The van der Waals surface area contributed by atoms with Crippen molar-refractivity contribution in [3.63, 3.8) is 0 Å². The molecule has 0 aromatic rings. The number of carboxylic acid groups (broad SMARTS) is 3. The highest BCUT2D eigenvalue weighted by atomic mass is 16.4. The third-order valence-corrected chi connectivity index (χ3v) is 1.01. The number of aliphatic carboxylic acids is 3. The summed E-state index contributed by atoms with van der Waals surface area (Å²) < 4.78 is 0. The molecule has 0 fully saturated rings. The van der Waals surface area contributed by atoms with Crippen molar-refractivity contribution in [2.75, 3.05) is 6.61 Å². The third-order valence-electron chi connectivity index (χ3n) is 1.01. The Kier molecular flexibility index (Phi) is 9.37. The first-order valence-electron chi connectivity index (χ1n) is 3.76. The van der Waals surface area contributed by atoms with Crippen LogP contribution < -0.4 is 0 Å². The molecule has 15 heavy (non-hydrogen) atoms. The van der Waals surface area contributed by atoms with Gasteiger partial charge in [-0.15, -0.1) is 0 Å². The van der Waals surface area contributed by atoms with E-state index in [0.29, 0.717) is 0 Å². The van der Waals surface area contributed by atoms with Crippen molar-refractivity contribution in [1.82, 2.24) is 0 Å². The topological polar surface area (TPSA) is 152 Å². The first kappa shape index (κ1) is 15.8. The molecular weight excluding hydrogens is 212 g/mol. The quantitative estimate of drug-likeness (QED) is 0.372. The molecule has 0 aliphatic rings. The van der Waals surface area contributed by atoms with E-state index in [9.17, 15) is 14.4 Å². The molecule has 1 unspecified atom stereocenters. The molecule has 0 rings (SSSR count). The van der Waals surface area contributed by atoms with Crippen LogP contribution in [0.2, 0.25) is 0 Å². The van der Waals surface area contributed by atoms with Crippen LogP contribution in [0, 0.1) is 0 Å². The lowest BCUT2D eigenvalue weighted by Crippen LogP contribution is -2.22. The van der Waals surface area contributed by atoms with E-state index in [0.717, 1.165) is 0 Å². The van der Waals surface area contributed by atoms with Crippen molar-refractivity contribution >= 4 is 17.9 Å². The molecule has 0 bridgehead atoms. The summed E-state index contributed by atoms with van der Waals surface area (Å²) in [4.78, 5) is 28.8. The normalized spacial score (nSPS) is 10.8. The summed E-state index contributed by atoms with van der Waals surface area (Å²) in [6.07, 6.45) is -2.22. The SMILES string of the molecule is O=C(O)C(O)CO.O=C(O)CCC(=O)O. The van der Waals surface area contributed by atoms with Gasteiger partial charge in [0.25, 0.3) is 0 Å². The van der Waals surface area contributed by atoms with Crippen LogP contribution in [0.15, 0.2) is 0 Å². The minimum absolute atomic E-state index is 0.296. The van der Waals surface area contributed by atoms with Crippen LogP contribution in [0.25, 0.3) is 0 Å². The maximum absolute atomic E-state index is 9.64. The fraction of sp³-hybridized carbons (Fsp3) is 0.571. The Bertz CT molecular complexity index is 209. The fourth-order valence-corrected chi connectivity index (χ4v) is 0.292. The predicted molar refractivity (Wildman–Crippen MR) is 45.2 cm³/mol. The van der Waals surface area contributed by atoms with Crippen LogP contribution in [-0.2, 0) is 14.4 Å². The zero-order valence-corrected chi connectivity index (χ0v) is 7.66. The predicted octanol–water partition coefficient (Wildman–Crippen LogP) is -1.64. The maximum atomic E-state index is 9.64. The third kappa shape index (κ3) is 15.1. The molecule has 0 saturated carbocycles. The second kappa shape index (κ2) is 8.91. The monoisotopic (exact) mass is 224 g/mol. The van der Waals surface area contributed by atoms with E-state index in [2.05, 4.69) is 0 Å². The highest BCUT2D eigenvalue weighted by Crippen LogP contribution is 1.86. The van der Waals surface area contributed by atoms with E-state index in [1.54, 1.807) is 0 Å². The summed E-state index contributed by atoms with van der Waals surface area (Å²) in [5, 5.41) is 39.5. The molecule has 0 aliphatic heterocycles. The van der Waals surface area contributed by atoms with Gasteiger partial charge in [-0.05, 0) is 0 Å². The summed E-state index contributed by atoms with van der Waals surface area (Å²) in [5.74, 6) is -3.55. The van der Waals surface area contributed by atoms with Crippen molar-refractivity contribution < 1.29 is 39.9 Å². The summed E-state index contributed by atoms with van der Waals surface area (Å²) in [6.45, 7) is -0.727. The minimum Gasteiger partial charge on any atom is -0.481 e. The molecule has 8 nitrogen and oxygen atoms in total. The molecule has 0 saturated heterocycles. The van der Waals surface area contributed by atoms with Crippen molar-refractivity contribution in [3.8, 4) is 0 Å². The molecule has 8 heteroatoms. The molecule has 0 radical (unpaired) electrons. The summed E-state index contributed by atoms with van der Waals surface area (Å²) in [6, 6.07) is 0. The van der Waals surface area contributed by atoms with E-state index in [4.69, 9.17) is 25.5 Å². The first-order valence-corrected chi connectivity index (χ1v) is 3.76. The molecule has 0 aromatic heterocycles. The van der Waals surface area contributed by atoms with Crippen LogP contribution in [0.5, 0.6) is 0 Å². The van der Waals surface area contributed by atoms with E-state index < -0.39 is 30.6 Å². The average molecular weight is 224 g/mol. The number of rotatable bonds is 5. The lowest BCUT2D eigenvalue weighted by Gasteiger charge is -1.95. The van der Waals surface area contributed by atoms with E-state index in [1.165, 1.54) is 0 Å². The van der Waals surface area contributed by atoms with Crippen molar-refractivity contribution in [1.29, 1.82) is 0 Å². The lowest BCUT2D eigenvalue weighted by atomic mass is 10.3. The maximum Gasteiger partial charge on any atom is 0.334 e. The van der Waals surface area contributed by atoms with Gasteiger partial charge in [0.05, 0.1) is 19.4 Å². The van der Waals surface area contributed by atoms with Crippen molar-refractivity contribution in [2.45, 2.75) is 18.9 Å². The van der Waals surface area contributed by atoms with Gasteiger partial charge in [0.15, 0.2) is 6.10 Å². The highest BCUT2D eigenvalue weighted by molar-refractivity contribution is 5.75. The highest BCUT2D eigenvalue weighted by Gasteiger charge is 2.08. The number of carbonyl (C=O) groups is 3. The van der Waals surface area contributed by atoms with Gasteiger partial charge in [-0.2, -0.15) is 0 Å². The van der Waals surface area contributed by atoms with Crippen molar-refractivity contribution in [2.24, 2.45) is 0 Å². The van der Waals surface area contributed by atoms with Gasteiger partial charge < -0.3 is 25.5 Å². The van der Waals surface area contributed by atoms with Crippen LogP contribution in [-0.4, -0.2) is 56.2 Å². The van der Waals surface area contributed by atoms with Crippen molar-refractivity contribution in [3.05, 3.63) is 0 Å². The molecular formula is C7H12O8. The molecule has 0 aliphatic carbocycles. The standard InChI is InChI=1S/C4H6O4.C3H6O4/c5-3(6)1-2-4(7)8;4-1-2(5)3(6)7/h1-2H2,(H,5,6)(H,7,8);2,4-5H,1H2,(H,6,7). The number of hydrogen-bond acceptors (Lipinski definition) is 5. The molecule has 88 valence electrons. The molecule has 0 spiro atoms. The van der Waals surface area contributed by atoms with Crippen LogP contribution in [0.3, 0.4) is 0 Å². The van der Waals surface area contributed by atoms with Gasteiger partial charge in [-0.3, -0.25) is 9.59 Å². The van der Waals surface area contributed by atoms with Gasteiger partial charge in [-0.25, -0.2) is 4.79 Å². The minimum atomic E-state index is -1.63. The first-order chi connectivity index (χ1) is 6.81. The average Bonchev–Trinajstić information content (AvgIpc) is 2.14. The zero-order valence-electron chi connectivity index (χ0n) is 7.66. The summed E-state index contributed by atoms with van der Waals surface area (Å²) in [7, 11) is 0. The molecule has 0 heterocycles. The second-order valence-corrected chi connectivity index (χ2v) is 2.32. The smallest absolute Gasteiger partial charge is 0.334 e. The Balaban J connectivity index is 0. The largest absolute Gasteiger partial charge is 0.481 e. The summed E-state index contributed by atoms with van der Waals surface area (Å²) >= 11 is 0. The van der Waals surface area contributed by atoms with Gasteiger partial charge in [0, 0.05) is 0 Å². The Morgan fingerprint density at radius 3 is 1.33 bits per heavy atom. The van der Waals surface area contributed by atoms with Crippen LogP contribution in [0.4, 0.5) is 0 Å². The van der Waals surface area contributed by atoms with E-state index >= 15 is 0 Å². The van der Waals surface area contributed by atoms with Gasteiger partial charge >= 0.3 is 17.9 Å². The van der Waals surface area contributed by atoms with E-state index in [1.807, 2.05) is 0 Å². The molecule has 0 amide bonds.